The Morgan fingerprint density at radius 3 is 2.63 bits per heavy atom. The Balaban J connectivity index is 1.52. The molecule has 0 spiro atoms. The summed E-state index contributed by atoms with van der Waals surface area (Å²) in [5, 5.41) is 3.43. The maximum Gasteiger partial charge on any atom is 0.266 e. The molecule has 0 aliphatic carbocycles. The summed E-state index contributed by atoms with van der Waals surface area (Å²) in [7, 11) is 0. The van der Waals surface area contributed by atoms with Crippen molar-refractivity contribution in [1.29, 1.82) is 0 Å². The standard InChI is InChI=1S/C20H22N4O2S/c1-12-16-18(25)21-13(2)22-20(16)27-17(12)19(26)23-15-7-5-14(6-8-15)11-24-9-3-4-10-24/h5-8H,3-4,9-11H2,1-2H3,(H,23,26)(H,21,22,25). The normalized spacial score (nSPS) is 14.7. The van der Waals surface area contributed by atoms with Gasteiger partial charge in [0.1, 0.15) is 10.7 Å². The Kier molecular flexibility index (Phi) is 4.80. The molecule has 0 atom stereocenters. The van der Waals surface area contributed by atoms with Gasteiger partial charge in [-0.1, -0.05) is 12.1 Å². The zero-order valence-electron chi connectivity index (χ0n) is 15.5. The third kappa shape index (κ3) is 3.65. The van der Waals surface area contributed by atoms with Crippen LogP contribution < -0.4 is 10.9 Å². The van der Waals surface area contributed by atoms with Crippen LogP contribution in [0, 0.1) is 13.8 Å². The van der Waals surface area contributed by atoms with Crippen LogP contribution in [0.5, 0.6) is 0 Å². The van der Waals surface area contributed by atoms with Crippen LogP contribution in [-0.4, -0.2) is 33.9 Å². The smallest absolute Gasteiger partial charge is 0.266 e. The molecule has 0 unspecified atom stereocenters. The maximum atomic E-state index is 12.7. The molecule has 3 aromatic rings. The van der Waals surface area contributed by atoms with Crippen molar-refractivity contribution in [2.45, 2.75) is 33.2 Å². The number of likely N-dealkylation sites (tertiary alicyclic amines) is 1. The summed E-state index contributed by atoms with van der Waals surface area (Å²) in [6.45, 7) is 6.81. The first kappa shape index (κ1) is 17.9. The van der Waals surface area contributed by atoms with Gasteiger partial charge >= 0.3 is 0 Å². The first-order chi connectivity index (χ1) is 13.0. The Morgan fingerprint density at radius 2 is 1.93 bits per heavy atom. The van der Waals surface area contributed by atoms with Gasteiger partial charge in [-0.15, -0.1) is 11.3 Å². The van der Waals surface area contributed by atoms with Crippen LogP contribution in [0.1, 0.15) is 39.5 Å². The number of nitrogens with one attached hydrogen (secondary N) is 2. The second kappa shape index (κ2) is 7.25. The number of H-pyrrole nitrogens is 1. The summed E-state index contributed by atoms with van der Waals surface area (Å²) in [6.07, 6.45) is 2.56. The highest BCUT2D eigenvalue weighted by Gasteiger charge is 2.19. The Morgan fingerprint density at radius 1 is 1.22 bits per heavy atom. The van der Waals surface area contributed by atoms with Gasteiger partial charge in [0.05, 0.1) is 10.3 Å². The fourth-order valence-corrected chi connectivity index (χ4v) is 4.67. The number of amides is 1. The molecule has 1 aromatic carbocycles. The van der Waals surface area contributed by atoms with Crippen molar-refractivity contribution < 1.29 is 4.79 Å². The number of rotatable bonds is 4. The molecule has 0 radical (unpaired) electrons. The van der Waals surface area contributed by atoms with E-state index < -0.39 is 0 Å². The summed E-state index contributed by atoms with van der Waals surface area (Å²) in [5.74, 6) is 0.342. The quantitative estimate of drug-likeness (QED) is 0.724. The average Bonchev–Trinajstić information content (AvgIpc) is 3.24. The number of carbonyl (C=O) groups excluding carboxylic acids is 1. The van der Waals surface area contributed by atoms with Crippen molar-refractivity contribution in [2.24, 2.45) is 0 Å². The minimum absolute atomic E-state index is 0.198. The van der Waals surface area contributed by atoms with E-state index in [-0.39, 0.29) is 11.5 Å². The zero-order valence-corrected chi connectivity index (χ0v) is 16.3. The molecule has 6 nitrogen and oxygen atoms in total. The predicted molar refractivity (Wildman–Crippen MR) is 109 cm³/mol. The lowest BCUT2D eigenvalue weighted by Gasteiger charge is -2.14. The summed E-state index contributed by atoms with van der Waals surface area (Å²) in [6, 6.07) is 7.98. The van der Waals surface area contributed by atoms with Crippen LogP contribution in [0.25, 0.3) is 10.2 Å². The Bertz CT molecular complexity index is 1050. The van der Waals surface area contributed by atoms with E-state index >= 15 is 0 Å². The molecular weight excluding hydrogens is 360 g/mol. The number of benzene rings is 1. The van der Waals surface area contributed by atoms with Crippen molar-refractivity contribution in [3.63, 3.8) is 0 Å². The first-order valence-electron chi connectivity index (χ1n) is 9.14. The highest BCUT2D eigenvalue weighted by Crippen LogP contribution is 2.27. The molecule has 0 bridgehead atoms. The molecule has 2 aromatic heterocycles. The number of carbonyl (C=O) groups is 1. The van der Waals surface area contributed by atoms with Crippen molar-refractivity contribution in [3.8, 4) is 0 Å². The number of aromatic nitrogens is 2. The molecule has 7 heteroatoms. The van der Waals surface area contributed by atoms with Crippen molar-refractivity contribution in [2.75, 3.05) is 18.4 Å². The minimum atomic E-state index is -0.208. The lowest BCUT2D eigenvalue weighted by atomic mass is 10.2. The molecule has 1 aliphatic heterocycles. The third-order valence-corrected chi connectivity index (χ3v) is 6.13. The summed E-state index contributed by atoms with van der Waals surface area (Å²) < 4.78 is 0. The van der Waals surface area contributed by atoms with Crippen LogP contribution in [0.15, 0.2) is 29.1 Å². The molecule has 0 saturated carbocycles. The van der Waals surface area contributed by atoms with Crippen molar-refractivity contribution in [1.82, 2.24) is 14.9 Å². The topological polar surface area (TPSA) is 78.1 Å². The van der Waals surface area contributed by atoms with Gasteiger partial charge in [-0.2, -0.15) is 0 Å². The molecule has 27 heavy (non-hydrogen) atoms. The van der Waals surface area contributed by atoms with E-state index in [2.05, 4.69) is 32.3 Å². The molecule has 1 fully saturated rings. The van der Waals surface area contributed by atoms with Crippen LogP contribution in [-0.2, 0) is 6.54 Å². The van der Waals surface area contributed by atoms with E-state index in [1.54, 1.807) is 13.8 Å². The van der Waals surface area contributed by atoms with Crippen molar-refractivity contribution in [3.05, 3.63) is 56.4 Å². The van der Waals surface area contributed by atoms with Gasteiger partial charge in [0.25, 0.3) is 11.5 Å². The lowest BCUT2D eigenvalue weighted by molar-refractivity contribution is 0.103. The van der Waals surface area contributed by atoms with Gasteiger partial charge in [0.2, 0.25) is 0 Å². The highest BCUT2D eigenvalue weighted by atomic mass is 32.1. The van der Waals surface area contributed by atoms with E-state index in [0.29, 0.717) is 26.5 Å². The summed E-state index contributed by atoms with van der Waals surface area (Å²) in [5.41, 5.74) is 2.47. The SMILES string of the molecule is Cc1nc2sc(C(=O)Nc3ccc(CN4CCCC4)cc3)c(C)c2c(=O)[nH]1. The van der Waals surface area contributed by atoms with Crippen molar-refractivity contribution >= 4 is 33.1 Å². The summed E-state index contributed by atoms with van der Waals surface area (Å²) in [4.78, 5) is 35.5. The van der Waals surface area contributed by atoms with E-state index in [1.165, 1.54) is 29.7 Å². The maximum absolute atomic E-state index is 12.7. The molecule has 1 amide bonds. The minimum Gasteiger partial charge on any atom is -0.321 e. The monoisotopic (exact) mass is 382 g/mol. The van der Waals surface area contributed by atoms with Gasteiger partial charge in [-0.25, -0.2) is 4.98 Å². The van der Waals surface area contributed by atoms with E-state index in [9.17, 15) is 9.59 Å². The Hall–Kier alpha value is -2.51. The zero-order chi connectivity index (χ0) is 19.0. The fraction of sp³-hybridized carbons (Fsp3) is 0.350. The van der Waals surface area contributed by atoms with Crippen LogP contribution in [0.2, 0.25) is 0 Å². The van der Waals surface area contributed by atoms with E-state index in [0.717, 1.165) is 25.3 Å². The number of aromatic amines is 1. The average molecular weight is 382 g/mol. The number of hydrogen-bond donors (Lipinski definition) is 2. The molecular formula is C20H22N4O2S. The van der Waals surface area contributed by atoms with E-state index in [4.69, 9.17) is 0 Å². The molecule has 2 N–H and O–H groups in total. The number of aryl methyl sites for hydroxylation is 2. The van der Waals surface area contributed by atoms with Gasteiger partial charge in [0.15, 0.2) is 0 Å². The molecule has 1 saturated heterocycles. The number of fused-ring (bicyclic) bond motifs is 1. The van der Waals surface area contributed by atoms with Crippen LogP contribution in [0.4, 0.5) is 5.69 Å². The predicted octanol–water partition coefficient (Wildman–Crippen LogP) is 3.45. The molecule has 4 rings (SSSR count). The first-order valence-corrected chi connectivity index (χ1v) is 9.95. The van der Waals surface area contributed by atoms with Crippen LogP contribution in [0.3, 0.4) is 0 Å². The molecule has 3 heterocycles. The lowest BCUT2D eigenvalue weighted by Crippen LogP contribution is -2.18. The van der Waals surface area contributed by atoms with Gasteiger partial charge in [0, 0.05) is 12.2 Å². The van der Waals surface area contributed by atoms with Gasteiger partial charge in [-0.05, 0) is 63.0 Å². The summed E-state index contributed by atoms with van der Waals surface area (Å²) >= 11 is 1.25. The second-order valence-corrected chi connectivity index (χ2v) is 8.02. The fourth-order valence-electron chi connectivity index (χ4n) is 3.55. The molecule has 140 valence electrons. The number of anilines is 1. The van der Waals surface area contributed by atoms with Gasteiger partial charge in [-0.3, -0.25) is 14.5 Å². The Labute approximate surface area is 161 Å². The van der Waals surface area contributed by atoms with Gasteiger partial charge < -0.3 is 10.3 Å². The third-order valence-electron chi connectivity index (χ3n) is 4.94. The van der Waals surface area contributed by atoms with E-state index in [1.807, 2.05) is 12.1 Å². The molecule has 1 aliphatic rings. The van der Waals surface area contributed by atoms with Crippen LogP contribution >= 0.6 is 11.3 Å². The largest absolute Gasteiger partial charge is 0.321 e. The second-order valence-electron chi connectivity index (χ2n) is 7.02. The highest BCUT2D eigenvalue weighted by molar-refractivity contribution is 7.20. The number of hydrogen-bond acceptors (Lipinski definition) is 5. The number of thiophene rings is 1. The number of nitrogens with zero attached hydrogens (tertiary/aromatic N) is 2.